The van der Waals surface area contributed by atoms with Gasteiger partial charge in [-0.05, 0) is 31.5 Å². The van der Waals surface area contributed by atoms with Crippen molar-refractivity contribution in [2.75, 3.05) is 32.8 Å². The number of halogens is 4. The van der Waals surface area contributed by atoms with Gasteiger partial charge >= 0.3 is 6.18 Å². The lowest BCUT2D eigenvalue weighted by Crippen LogP contribution is -2.48. The molecule has 4 nitrogen and oxygen atoms in total. The van der Waals surface area contributed by atoms with Gasteiger partial charge in [-0.25, -0.2) is 0 Å². The van der Waals surface area contributed by atoms with Gasteiger partial charge in [0.1, 0.15) is 0 Å². The fraction of sp³-hybridized carbons (Fsp3) is 0.625. The third kappa shape index (κ3) is 6.75. The summed E-state index contributed by atoms with van der Waals surface area (Å²) in [5, 5.41) is 3.38. The highest BCUT2D eigenvalue weighted by atomic mass is 35.5. The van der Waals surface area contributed by atoms with Gasteiger partial charge in [-0.1, -0.05) is 6.07 Å². The molecule has 1 aliphatic heterocycles. The number of rotatable bonds is 6. The predicted molar refractivity (Wildman–Crippen MR) is 89.2 cm³/mol. The van der Waals surface area contributed by atoms with E-state index < -0.39 is 12.8 Å². The zero-order chi connectivity index (χ0) is 16.9. The number of hydrogen-bond donors (Lipinski definition) is 1. The highest BCUT2D eigenvalue weighted by Gasteiger charge is 2.29. The van der Waals surface area contributed by atoms with Crippen LogP contribution >= 0.6 is 12.4 Å². The SMILES string of the molecule is CCOc1cc(CN2CCN[C@@H](C)C2)ccc1OCC(F)(F)F.Cl. The second-order valence-electron chi connectivity index (χ2n) is 5.71. The van der Waals surface area contributed by atoms with Crippen LogP contribution in [-0.4, -0.2) is 50.0 Å². The Hall–Kier alpha value is -1.18. The van der Waals surface area contributed by atoms with Gasteiger partial charge in [-0.3, -0.25) is 4.90 Å². The summed E-state index contributed by atoms with van der Waals surface area (Å²) in [6.07, 6.45) is -4.36. The van der Waals surface area contributed by atoms with Crippen molar-refractivity contribution in [2.24, 2.45) is 0 Å². The van der Waals surface area contributed by atoms with Gasteiger partial charge < -0.3 is 14.8 Å². The lowest BCUT2D eigenvalue weighted by Gasteiger charge is -2.31. The van der Waals surface area contributed by atoms with Crippen molar-refractivity contribution in [2.45, 2.75) is 32.6 Å². The van der Waals surface area contributed by atoms with Crippen LogP contribution in [-0.2, 0) is 6.54 Å². The number of alkyl halides is 3. The molecule has 0 spiro atoms. The van der Waals surface area contributed by atoms with Crippen LogP contribution in [0.5, 0.6) is 11.5 Å². The van der Waals surface area contributed by atoms with E-state index in [2.05, 4.69) is 17.1 Å². The molecule has 1 aromatic carbocycles. The van der Waals surface area contributed by atoms with E-state index in [4.69, 9.17) is 9.47 Å². The van der Waals surface area contributed by atoms with E-state index >= 15 is 0 Å². The van der Waals surface area contributed by atoms with E-state index in [-0.39, 0.29) is 18.2 Å². The van der Waals surface area contributed by atoms with Crippen LogP contribution in [0, 0.1) is 0 Å². The number of hydrogen-bond acceptors (Lipinski definition) is 4. The molecule has 1 N–H and O–H groups in total. The fourth-order valence-electron chi connectivity index (χ4n) is 2.61. The molecule has 0 aromatic heterocycles. The predicted octanol–water partition coefficient (Wildman–Crippen LogP) is 3.24. The molecule has 138 valence electrons. The summed E-state index contributed by atoms with van der Waals surface area (Å²) in [5.74, 6) is 0.485. The van der Waals surface area contributed by atoms with Crippen molar-refractivity contribution in [3.05, 3.63) is 23.8 Å². The quantitative estimate of drug-likeness (QED) is 0.835. The topological polar surface area (TPSA) is 33.7 Å². The maximum Gasteiger partial charge on any atom is 0.422 e. The Morgan fingerprint density at radius 2 is 2.00 bits per heavy atom. The minimum Gasteiger partial charge on any atom is -0.490 e. The third-order valence-electron chi connectivity index (χ3n) is 3.56. The van der Waals surface area contributed by atoms with Gasteiger partial charge in [0.25, 0.3) is 0 Å². The van der Waals surface area contributed by atoms with Gasteiger partial charge in [0.15, 0.2) is 18.1 Å². The van der Waals surface area contributed by atoms with Crippen molar-refractivity contribution in [3.8, 4) is 11.5 Å². The summed E-state index contributed by atoms with van der Waals surface area (Å²) in [5.41, 5.74) is 1.00. The number of nitrogens with one attached hydrogen (secondary N) is 1. The lowest BCUT2D eigenvalue weighted by atomic mass is 10.1. The number of piperazine rings is 1. The molecular formula is C16H24ClF3N2O2. The molecule has 0 unspecified atom stereocenters. The molecule has 1 aliphatic rings. The first-order valence-electron chi connectivity index (χ1n) is 7.78. The van der Waals surface area contributed by atoms with Crippen LogP contribution in [0.1, 0.15) is 19.4 Å². The summed E-state index contributed by atoms with van der Waals surface area (Å²) in [6.45, 7) is 6.54. The van der Waals surface area contributed by atoms with Crippen LogP contribution < -0.4 is 14.8 Å². The Morgan fingerprint density at radius 3 is 2.62 bits per heavy atom. The van der Waals surface area contributed by atoms with E-state index in [0.717, 1.165) is 31.7 Å². The molecule has 0 amide bonds. The Balaban J connectivity index is 0.00000288. The molecule has 2 rings (SSSR count). The van der Waals surface area contributed by atoms with E-state index in [1.54, 1.807) is 25.1 Å². The molecular weight excluding hydrogens is 345 g/mol. The van der Waals surface area contributed by atoms with Crippen molar-refractivity contribution in [3.63, 3.8) is 0 Å². The maximum absolute atomic E-state index is 12.3. The van der Waals surface area contributed by atoms with Crippen LogP contribution in [0.2, 0.25) is 0 Å². The molecule has 1 fully saturated rings. The molecule has 0 aliphatic carbocycles. The summed E-state index contributed by atoms with van der Waals surface area (Å²) < 4.78 is 47.2. The van der Waals surface area contributed by atoms with Gasteiger partial charge in [0.2, 0.25) is 0 Å². The average Bonchev–Trinajstić information content (AvgIpc) is 2.46. The van der Waals surface area contributed by atoms with E-state index in [9.17, 15) is 13.2 Å². The number of ether oxygens (including phenoxy) is 2. The summed E-state index contributed by atoms with van der Waals surface area (Å²) in [6, 6.07) is 5.55. The van der Waals surface area contributed by atoms with Crippen LogP contribution in [0.4, 0.5) is 13.2 Å². The van der Waals surface area contributed by atoms with Crippen LogP contribution in [0.3, 0.4) is 0 Å². The Labute approximate surface area is 146 Å². The van der Waals surface area contributed by atoms with Crippen molar-refractivity contribution in [1.82, 2.24) is 10.2 Å². The normalized spacial score (nSPS) is 18.8. The van der Waals surface area contributed by atoms with Crippen LogP contribution in [0.25, 0.3) is 0 Å². The zero-order valence-corrected chi connectivity index (χ0v) is 14.7. The zero-order valence-electron chi connectivity index (χ0n) is 13.9. The molecule has 1 atom stereocenters. The van der Waals surface area contributed by atoms with E-state index in [1.807, 2.05) is 0 Å². The van der Waals surface area contributed by atoms with E-state index in [1.165, 1.54) is 0 Å². The number of benzene rings is 1. The van der Waals surface area contributed by atoms with Crippen molar-refractivity contribution >= 4 is 12.4 Å². The summed E-state index contributed by atoms with van der Waals surface area (Å²) in [4.78, 5) is 2.31. The first-order chi connectivity index (χ1) is 10.9. The second kappa shape index (κ2) is 9.34. The lowest BCUT2D eigenvalue weighted by molar-refractivity contribution is -0.153. The van der Waals surface area contributed by atoms with Gasteiger partial charge in [-0.2, -0.15) is 13.2 Å². The largest absolute Gasteiger partial charge is 0.490 e. The standard InChI is InChI=1S/C16H23F3N2O2.ClH/c1-3-22-15-8-13(10-21-7-6-20-12(2)9-21)4-5-14(15)23-11-16(17,18)19;/h4-5,8,12,20H,3,6-7,9-11H2,1-2H3;1H/t12-;/m0./s1. The third-order valence-corrected chi connectivity index (χ3v) is 3.56. The number of nitrogens with zero attached hydrogens (tertiary/aromatic N) is 1. The van der Waals surface area contributed by atoms with E-state index in [0.29, 0.717) is 18.4 Å². The monoisotopic (exact) mass is 368 g/mol. The molecule has 1 aromatic rings. The first-order valence-corrected chi connectivity index (χ1v) is 7.78. The molecule has 0 radical (unpaired) electrons. The minimum atomic E-state index is -4.36. The van der Waals surface area contributed by atoms with Crippen molar-refractivity contribution in [1.29, 1.82) is 0 Å². The van der Waals surface area contributed by atoms with Crippen molar-refractivity contribution < 1.29 is 22.6 Å². The highest BCUT2D eigenvalue weighted by molar-refractivity contribution is 5.85. The maximum atomic E-state index is 12.3. The Bertz CT molecular complexity index is 515. The van der Waals surface area contributed by atoms with Crippen LogP contribution in [0.15, 0.2) is 18.2 Å². The Morgan fingerprint density at radius 1 is 1.25 bits per heavy atom. The van der Waals surface area contributed by atoms with Gasteiger partial charge in [0.05, 0.1) is 6.61 Å². The Kier molecular flexibility index (Phi) is 8.12. The highest BCUT2D eigenvalue weighted by Crippen LogP contribution is 2.30. The van der Waals surface area contributed by atoms with Gasteiger partial charge in [0, 0.05) is 32.2 Å². The average molecular weight is 369 g/mol. The second-order valence-corrected chi connectivity index (χ2v) is 5.71. The molecule has 1 saturated heterocycles. The molecule has 8 heteroatoms. The molecule has 1 heterocycles. The minimum absolute atomic E-state index is 0. The molecule has 0 bridgehead atoms. The fourth-order valence-corrected chi connectivity index (χ4v) is 2.61. The summed E-state index contributed by atoms with van der Waals surface area (Å²) >= 11 is 0. The first kappa shape index (κ1) is 20.9. The van der Waals surface area contributed by atoms with Gasteiger partial charge in [-0.15, -0.1) is 12.4 Å². The summed E-state index contributed by atoms with van der Waals surface area (Å²) in [7, 11) is 0. The molecule has 24 heavy (non-hydrogen) atoms. The molecule has 0 saturated carbocycles. The smallest absolute Gasteiger partial charge is 0.422 e.